The molecule has 0 unspecified atom stereocenters. The first-order valence-corrected chi connectivity index (χ1v) is 6.09. The van der Waals surface area contributed by atoms with Gasteiger partial charge in [0, 0.05) is 18.4 Å². The zero-order valence-electron chi connectivity index (χ0n) is 10.5. The van der Waals surface area contributed by atoms with E-state index in [0.29, 0.717) is 0 Å². The number of aromatic nitrogens is 2. The van der Waals surface area contributed by atoms with Crippen LogP contribution in [0.3, 0.4) is 0 Å². The van der Waals surface area contributed by atoms with E-state index in [2.05, 4.69) is 53.0 Å². The van der Waals surface area contributed by atoms with Crippen molar-refractivity contribution >= 4 is 5.69 Å². The third-order valence-electron chi connectivity index (χ3n) is 2.79. The van der Waals surface area contributed by atoms with E-state index in [1.54, 1.807) is 0 Å². The minimum absolute atomic E-state index is 0.822. The predicted octanol–water partition coefficient (Wildman–Crippen LogP) is 3.21. The predicted molar refractivity (Wildman–Crippen MR) is 71.0 cm³/mol. The Morgan fingerprint density at radius 3 is 2.71 bits per heavy atom. The highest BCUT2D eigenvalue weighted by Gasteiger charge is 2.00. The minimum Gasteiger partial charge on any atom is -0.379 e. The number of nitrogens with zero attached hydrogens (tertiary/aromatic N) is 2. The second-order valence-electron chi connectivity index (χ2n) is 4.30. The van der Waals surface area contributed by atoms with Crippen LogP contribution in [-0.4, -0.2) is 9.55 Å². The number of hydrogen-bond donors (Lipinski definition) is 1. The van der Waals surface area contributed by atoms with Crippen LogP contribution in [0.1, 0.15) is 24.6 Å². The van der Waals surface area contributed by atoms with Gasteiger partial charge in [0.25, 0.3) is 0 Å². The molecule has 3 heteroatoms. The molecule has 3 nitrogen and oxygen atoms in total. The molecule has 0 bridgehead atoms. The maximum absolute atomic E-state index is 4.19. The lowest BCUT2D eigenvalue weighted by Gasteiger charge is -2.09. The van der Waals surface area contributed by atoms with E-state index in [9.17, 15) is 0 Å². The summed E-state index contributed by atoms with van der Waals surface area (Å²) in [5.41, 5.74) is 3.67. The Hall–Kier alpha value is -1.77. The van der Waals surface area contributed by atoms with Crippen LogP contribution in [0.4, 0.5) is 5.69 Å². The van der Waals surface area contributed by atoms with Crippen LogP contribution in [0.2, 0.25) is 0 Å². The first kappa shape index (κ1) is 11.7. The monoisotopic (exact) mass is 229 g/mol. The van der Waals surface area contributed by atoms with Crippen LogP contribution in [-0.2, 0) is 13.1 Å². The molecule has 0 aliphatic rings. The highest BCUT2D eigenvalue weighted by Crippen LogP contribution is 2.10. The fourth-order valence-electron chi connectivity index (χ4n) is 1.80. The van der Waals surface area contributed by atoms with Gasteiger partial charge in [-0.2, -0.15) is 0 Å². The van der Waals surface area contributed by atoms with Crippen LogP contribution in [0.25, 0.3) is 0 Å². The van der Waals surface area contributed by atoms with Gasteiger partial charge in [-0.05, 0) is 25.5 Å². The summed E-state index contributed by atoms with van der Waals surface area (Å²) in [7, 11) is 0. The molecule has 0 spiro atoms. The van der Waals surface area contributed by atoms with Crippen molar-refractivity contribution in [2.24, 2.45) is 0 Å². The number of nitrogens with one attached hydrogen (secondary N) is 1. The average molecular weight is 229 g/mol. The number of anilines is 1. The SMILES string of the molecule is CCCn1cncc1CNc1ccc(C)cc1. The smallest absolute Gasteiger partial charge is 0.0948 e. The molecule has 0 saturated carbocycles. The lowest BCUT2D eigenvalue weighted by atomic mass is 10.2. The van der Waals surface area contributed by atoms with Gasteiger partial charge in [0.05, 0.1) is 18.6 Å². The fourth-order valence-corrected chi connectivity index (χ4v) is 1.80. The molecule has 1 aromatic heterocycles. The molecule has 0 fully saturated rings. The van der Waals surface area contributed by atoms with Gasteiger partial charge in [-0.1, -0.05) is 24.6 Å². The van der Waals surface area contributed by atoms with Gasteiger partial charge in [0.15, 0.2) is 0 Å². The van der Waals surface area contributed by atoms with Crippen molar-refractivity contribution in [2.45, 2.75) is 33.4 Å². The summed E-state index contributed by atoms with van der Waals surface area (Å²) in [6, 6.07) is 8.45. The topological polar surface area (TPSA) is 29.9 Å². The standard InChI is InChI=1S/C14H19N3/c1-3-8-17-11-15-9-14(17)10-16-13-6-4-12(2)5-7-13/h4-7,9,11,16H,3,8,10H2,1-2H3. The molecule has 0 aliphatic carbocycles. The molecular weight excluding hydrogens is 210 g/mol. The first-order valence-electron chi connectivity index (χ1n) is 6.09. The molecule has 0 aliphatic heterocycles. The van der Waals surface area contributed by atoms with Gasteiger partial charge in [0.1, 0.15) is 0 Å². The Morgan fingerprint density at radius 2 is 2.00 bits per heavy atom. The van der Waals surface area contributed by atoms with Crippen molar-refractivity contribution in [3.8, 4) is 0 Å². The molecule has 1 N–H and O–H groups in total. The quantitative estimate of drug-likeness (QED) is 0.853. The van der Waals surface area contributed by atoms with Crippen LogP contribution >= 0.6 is 0 Å². The molecule has 90 valence electrons. The third-order valence-corrected chi connectivity index (χ3v) is 2.79. The van der Waals surface area contributed by atoms with E-state index < -0.39 is 0 Å². The Bertz CT molecular complexity index is 457. The van der Waals surface area contributed by atoms with Crippen molar-refractivity contribution in [2.75, 3.05) is 5.32 Å². The summed E-state index contributed by atoms with van der Waals surface area (Å²) in [6.45, 7) is 6.13. The molecular formula is C14H19N3. The maximum Gasteiger partial charge on any atom is 0.0948 e. The third kappa shape index (κ3) is 3.09. The van der Waals surface area contributed by atoms with Crippen LogP contribution in [0.5, 0.6) is 0 Å². The molecule has 0 radical (unpaired) electrons. The second kappa shape index (κ2) is 5.53. The molecule has 17 heavy (non-hydrogen) atoms. The Morgan fingerprint density at radius 1 is 1.24 bits per heavy atom. The number of benzene rings is 1. The largest absolute Gasteiger partial charge is 0.379 e. The van der Waals surface area contributed by atoms with E-state index in [-0.39, 0.29) is 0 Å². The van der Waals surface area contributed by atoms with Gasteiger partial charge < -0.3 is 9.88 Å². The van der Waals surface area contributed by atoms with Gasteiger partial charge in [-0.25, -0.2) is 4.98 Å². The number of imidazole rings is 1. The van der Waals surface area contributed by atoms with Crippen LogP contribution in [0.15, 0.2) is 36.8 Å². The molecule has 0 saturated heterocycles. The molecule has 0 atom stereocenters. The fraction of sp³-hybridized carbons (Fsp3) is 0.357. The zero-order valence-corrected chi connectivity index (χ0v) is 10.5. The zero-order chi connectivity index (χ0) is 12.1. The molecule has 1 aromatic carbocycles. The Labute approximate surface area is 103 Å². The Kier molecular flexibility index (Phi) is 3.81. The molecule has 1 heterocycles. The lowest BCUT2D eigenvalue weighted by Crippen LogP contribution is -2.06. The lowest BCUT2D eigenvalue weighted by molar-refractivity contribution is 0.651. The van der Waals surface area contributed by atoms with Gasteiger partial charge in [-0.3, -0.25) is 0 Å². The normalized spacial score (nSPS) is 10.5. The van der Waals surface area contributed by atoms with Gasteiger partial charge in [0.2, 0.25) is 0 Å². The number of hydrogen-bond acceptors (Lipinski definition) is 2. The van der Waals surface area contributed by atoms with Crippen molar-refractivity contribution in [1.82, 2.24) is 9.55 Å². The maximum atomic E-state index is 4.19. The summed E-state index contributed by atoms with van der Waals surface area (Å²) in [6.07, 6.45) is 4.96. The second-order valence-corrected chi connectivity index (χ2v) is 4.30. The van der Waals surface area contributed by atoms with Crippen LogP contribution < -0.4 is 5.32 Å². The van der Waals surface area contributed by atoms with E-state index in [1.807, 2.05) is 12.5 Å². The van der Waals surface area contributed by atoms with E-state index in [4.69, 9.17) is 0 Å². The van der Waals surface area contributed by atoms with E-state index in [0.717, 1.165) is 25.2 Å². The summed E-state index contributed by atoms with van der Waals surface area (Å²) < 4.78 is 2.20. The van der Waals surface area contributed by atoms with E-state index in [1.165, 1.54) is 11.3 Å². The van der Waals surface area contributed by atoms with Crippen LogP contribution in [0, 0.1) is 6.92 Å². The number of rotatable bonds is 5. The van der Waals surface area contributed by atoms with Crippen molar-refractivity contribution in [3.05, 3.63) is 48.0 Å². The van der Waals surface area contributed by atoms with Crippen molar-refractivity contribution in [3.63, 3.8) is 0 Å². The van der Waals surface area contributed by atoms with Crippen molar-refractivity contribution in [1.29, 1.82) is 0 Å². The molecule has 0 amide bonds. The minimum atomic E-state index is 0.822. The molecule has 2 rings (SSSR count). The summed E-state index contributed by atoms with van der Waals surface area (Å²) in [5, 5.41) is 3.41. The first-order chi connectivity index (χ1) is 8.29. The van der Waals surface area contributed by atoms with E-state index >= 15 is 0 Å². The highest BCUT2D eigenvalue weighted by molar-refractivity contribution is 5.44. The van der Waals surface area contributed by atoms with Crippen molar-refractivity contribution < 1.29 is 0 Å². The number of aryl methyl sites for hydroxylation is 2. The summed E-state index contributed by atoms with van der Waals surface area (Å²) in [4.78, 5) is 4.19. The Balaban J connectivity index is 1.97. The average Bonchev–Trinajstić information content (AvgIpc) is 2.77. The van der Waals surface area contributed by atoms with Gasteiger partial charge >= 0.3 is 0 Å². The molecule has 2 aromatic rings. The highest BCUT2D eigenvalue weighted by atomic mass is 15.1. The van der Waals surface area contributed by atoms with Gasteiger partial charge in [-0.15, -0.1) is 0 Å². The summed E-state index contributed by atoms with van der Waals surface area (Å²) >= 11 is 0. The summed E-state index contributed by atoms with van der Waals surface area (Å²) in [5.74, 6) is 0.